The van der Waals surface area contributed by atoms with E-state index < -0.39 is 11.5 Å². The van der Waals surface area contributed by atoms with Crippen molar-refractivity contribution in [2.45, 2.75) is 120 Å². The Kier molecular flexibility index (Phi) is 12.2. The molecular weight excluding hydrogens is 640 g/mol. The summed E-state index contributed by atoms with van der Waals surface area (Å²) >= 11 is 0. The van der Waals surface area contributed by atoms with Crippen LogP contribution in [-0.4, -0.2) is 51.8 Å². The molecule has 1 aliphatic carbocycles. The van der Waals surface area contributed by atoms with Gasteiger partial charge in [0, 0.05) is 28.6 Å². The third-order valence-corrected chi connectivity index (χ3v) is 11.3. The first-order valence-corrected chi connectivity index (χ1v) is 19.1. The molecule has 2 heterocycles. The maximum absolute atomic E-state index is 13.9. The number of benzene rings is 3. The third-order valence-electron chi connectivity index (χ3n) is 11.3. The van der Waals surface area contributed by atoms with Crippen LogP contribution in [0.15, 0.2) is 77.6 Å². The van der Waals surface area contributed by atoms with Gasteiger partial charge in [-0.3, -0.25) is 9.59 Å². The van der Waals surface area contributed by atoms with Gasteiger partial charge in [0.25, 0.3) is 0 Å². The number of aliphatic hydroxyl groups is 1. The number of H-pyrrole nitrogens is 1. The van der Waals surface area contributed by atoms with Crippen molar-refractivity contribution in [3.8, 4) is 17.2 Å². The van der Waals surface area contributed by atoms with Gasteiger partial charge in [0.2, 0.25) is 5.56 Å². The summed E-state index contributed by atoms with van der Waals surface area (Å²) in [7, 11) is 2.25. The fourth-order valence-corrected chi connectivity index (χ4v) is 8.12. The Morgan fingerprint density at radius 1 is 0.843 bits per heavy atom. The number of aromatic nitrogens is 1. The van der Waals surface area contributed by atoms with Crippen molar-refractivity contribution in [3.05, 3.63) is 99.8 Å². The van der Waals surface area contributed by atoms with Crippen molar-refractivity contribution in [2.24, 2.45) is 0 Å². The number of aromatic hydroxyl groups is 1. The van der Waals surface area contributed by atoms with Gasteiger partial charge in [-0.15, -0.1) is 0 Å². The van der Waals surface area contributed by atoms with Gasteiger partial charge < -0.3 is 29.6 Å². The minimum Gasteiger partial charge on any atom is -0.506 e. The molecule has 1 atom stereocenters. The Morgan fingerprint density at radius 3 is 2.08 bits per heavy atom. The Balaban J connectivity index is 0.825. The van der Waals surface area contributed by atoms with Gasteiger partial charge in [-0.25, -0.2) is 0 Å². The molecule has 0 unspecified atom stereocenters. The maximum Gasteiger partial charge on any atom is 0.321 e. The van der Waals surface area contributed by atoms with Crippen molar-refractivity contribution in [1.82, 2.24) is 9.88 Å². The summed E-state index contributed by atoms with van der Waals surface area (Å²) in [5, 5.41) is 21.6. The lowest BCUT2D eigenvalue weighted by atomic mass is 9.74. The van der Waals surface area contributed by atoms with Crippen LogP contribution in [0.1, 0.15) is 120 Å². The van der Waals surface area contributed by atoms with Gasteiger partial charge in [0.05, 0.1) is 11.6 Å². The molecule has 1 aromatic heterocycles. The highest BCUT2D eigenvalue weighted by Gasteiger charge is 2.46. The number of rotatable bonds is 16. The standard InChI is InChI=1S/C43H54N2O6/c1-43(34-16-11-13-19-38(34)51-39-20-14-12-17-35(39)43)42(49)50-31-23-21-30(22-24-31)45(2)29-15-9-7-5-3-4-6-8-10-18-36(46)32-25-27-37(47)41-33(32)26-28-40(48)44-41/h11-14,16-17,19-20,25-28,30-31,36,46-47H,3-10,15,18,21-24,29H2,1-2H3,(H,44,48)/t30?,31?,36-/m0/s1. The van der Waals surface area contributed by atoms with Gasteiger partial charge in [-0.2, -0.15) is 0 Å². The minimum absolute atomic E-state index is 0.0183. The van der Waals surface area contributed by atoms with E-state index in [-0.39, 0.29) is 23.4 Å². The predicted octanol–water partition coefficient (Wildman–Crippen LogP) is 9.07. The zero-order chi connectivity index (χ0) is 35.8. The molecule has 0 radical (unpaired) electrons. The normalized spacial score (nSPS) is 18.5. The molecule has 0 spiro atoms. The fourth-order valence-electron chi connectivity index (χ4n) is 8.12. The van der Waals surface area contributed by atoms with E-state index >= 15 is 0 Å². The number of nitrogens with zero attached hydrogens (tertiary/aromatic N) is 1. The zero-order valence-corrected chi connectivity index (χ0v) is 30.2. The van der Waals surface area contributed by atoms with Crippen molar-refractivity contribution in [3.63, 3.8) is 0 Å². The summed E-state index contributed by atoms with van der Waals surface area (Å²) in [6.07, 6.45) is 14.5. The topological polar surface area (TPSA) is 112 Å². The van der Waals surface area contributed by atoms with E-state index in [4.69, 9.17) is 9.47 Å². The minimum atomic E-state index is -0.904. The highest BCUT2D eigenvalue weighted by molar-refractivity contribution is 5.90. The number of aliphatic hydroxyl groups excluding tert-OH is 1. The van der Waals surface area contributed by atoms with E-state index in [1.165, 1.54) is 57.1 Å². The predicted molar refractivity (Wildman–Crippen MR) is 202 cm³/mol. The number of pyridine rings is 1. The molecule has 1 aliphatic heterocycles. The Hall–Kier alpha value is -4.14. The number of hydrogen-bond acceptors (Lipinski definition) is 7. The van der Waals surface area contributed by atoms with Crippen molar-refractivity contribution in [1.29, 1.82) is 0 Å². The molecule has 0 bridgehead atoms. The quantitative estimate of drug-likeness (QED) is 0.0793. The van der Waals surface area contributed by atoms with Crippen LogP contribution in [0, 0.1) is 0 Å². The van der Waals surface area contributed by atoms with Gasteiger partial charge in [0.1, 0.15) is 28.8 Å². The second-order valence-electron chi connectivity index (χ2n) is 14.8. The largest absolute Gasteiger partial charge is 0.506 e. The van der Waals surface area contributed by atoms with E-state index in [1.54, 1.807) is 12.1 Å². The number of aromatic amines is 1. The third kappa shape index (κ3) is 8.50. The molecule has 6 rings (SSSR count). The summed E-state index contributed by atoms with van der Waals surface area (Å²) in [5.41, 5.74) is 1.67. The van der Waals surface area contributed by atoms with Crippen LogP contribution in [0.2, 0.25) is 0 Å². The number of unbranched alkanes of at least 4 members (excludes halogenated alkanes) is 8. The van der Waals surface area contributed by atoms with Crippen LogP contribution >= 0.6 is 0 Å². The van der Waals surface area contributed by atoms with Crippen LogP contribution in [0.25, 0.3) is 10.9 Å². The number of para-hydroxylation sites is 2. The lowest BCUT2D eigenvalue weighted by Crippen LogP contribution is -2.42. The van der Waals surface area contributed by atoms with Crippen molar-refractivity contribution < 1.29 is 24.5 Å². The molecule has 8 nitrogen and oxygen atoms in total. The Labute approximate surface area is 301 Å². The number of carbonyl (C=O) groups excluding carboxylic acids is 1. The van der Waals surface area contributed by atoms with Crippen LogP contribution in [0.5, 0.6) is 17.2 Å². The molecule has 51 heavy (non-hydrogen) atoms. The maximum atomic E-state index is 13.9. The number of fused-ring (bicyclic) bond motifs is 3. The first-order valence-electron chi connectivity index (χ1n) is 19.1. The lowest BCUT2D eigenvalue weighted by molar-refractivity contribution is -0.156. The van der Waals surface area contributed by atoms with Crippen LogP contribution in [0.4, 0.5) is 0 Å². The first kappa shape index (κ1) is 36.6. The molecule has 8 heteroatoms. The average Bonchev–Trinajstić information content (AvgIpc) is 3.14. The molecule has 3 N–H and O–H groups in total. The van der Waals surface area contributed by atoms with Crippen LogP contribution < -0.4 is 10.3 Å². The molecule has 2 aliphatic rings. The summed E-state index contributed by atoms with van der Waals surface area (Å²) in [6.45, 7) is 3.08. The van der Waals surface area contributed by atoms with Gasteiger partial charge in [0.15, 0.2) is 0 Å². The summed E-state index contributed by atoms with van der Waals surface area (Å²) in [5.74, 6) is 1.26. The molecule has 1 fully saturated rings. The van der Waals surface area contributed by atoms with Crippen molar-refractivity contribution >= 4 is 16.9 Å². The molecule has 4 aromatic rings. The molecule has 0 saturated heterocycles. The molecule has 1 saturated carbocycles. The molecular formula is C43H54N2O6. The highest BCUT2D eigenvalue weighted by Crippen LogP contribution is 2.49. The van der Waals surface area contributed by atoms with Gasteiger partial charge in [-0.05, 0) is 88.9 Å². The molecule has 0 amide bonds. The summed E-state index contributed by atoms with van der Waals surface area (Å²) in [4.78, 5) is 30.7. The van der Waals surface area contributed by atoms with Gasteiger partial charge >= 0.3 is 5.97 Å². The van der Waals surface area contributed by atoms with Crippen LogP contribution in [0.3, 0.4) is 0 Å². The molecule has 3 aromatic carbocycles. The second kappa shape index (κ2) is 16.9. The number of esters is 1. The SMILES string of the molecule is CN(CCCCCCCCCCC[C@H](O)c1ccc(O)c2[nH]c(=O)ccc12)C1CCC(OC(=O)C2(C)c3ccccc3Oc3ccccc32)CC1. The molecule has 272 valence electrons. The van der Waals surface area contributed by atoms with Crippen molar-refractivity contribution in [2.75, 3.05) is 13.6 Å². The lowest BCUT2D eigenvalue weighted by Gasteiger charge is -2.38. The summed E-state index contributed by atoms with van der Waals surface area (Å²) < 4.78 is 12.4. The van der Waals surface area contributed by atoms with E-state index in [9.17, 15) is 19.8 Å². The Morgan fingerprint density at radius 2 is 1.43 bits per heavy atom. The van der Waals surface area contributed by atoms with E-state index in [0.29, 0.717) is 34.9 Å². The second-order valence-corrected chi connectivity index (χ2v) is 14.8. The zero-order valence-electron chi connectivity index (χ0n) is 30.2. The highest BCUT2D eigenvalue weighted by atomic mass is 16.5. The number of hydrogen-bond donors (Lipinski definition) is 3. The van der Waals surface area contributed by atoms with Gasteiger partial charge in [-0.1, -0.05) is 93.8 Å². The average molecular weight is 695 g/mol. The first-order chi connectivity index (χ1) is 24.8. The fraction of sp³-hybridized carbons (Fsp3) is 0.488. The number of phenols is 1. The number of nitrogens with one attached hydrogen (secondary N) is 1. The Bertz CT molecular complexity index is 1780. The van der Waals surface area contributed by atoms with E-state index in [0.717, 1.165) is 61.8 Å². The number of phenolic OH excluding ortho intramolecular Hbond substituents is 1. The smallest absolute Gasteiger partial charge is 0.321 e. The summed E-state index contributed by atoms with van der Waals surface area (Å²) in [6, 6.07) is 22.5. The monoisotopic (exact) mass is 694 g/mol. The number of ether oxygens (including phenoxy) is 2. The van der Waals surface area contributed by atoms with Crippen LogP contribution in [-0.2, 0) is 14.9 Å². The van der Waals surface area contributed by atoms with E-state index in [1.807, 2.05) is 55.5 Å². The van der Waals surface area contributed by atoms with E-state index in [2.05, 4.69) is 16.9 Å². The number of carbonyl (C=O) groups is 1.